The van der Waals surface area contributed by atoms with E-state index in [9.17, 15) is 22.8 Å². The summed E-state index contributed by atoms with van der Waals surface area (Å²) in [6, 6.07) is 4.43. The fourth-order valence-electron chi connectivity index (χ4n) is 5.33. The molecule has 230 valence electrons. The maximum atomic E-state index is 16.4. The monoisotopic (exact) mass is 606 g/mol. The third-order valence-corrected chi connectivity index (χ3v) is 7.81. The van der Waals surface area contributed by atoms with Crippen LogP contribution in [0.2, 0.25) is 0 Å². The normalized spacial score (nSPS) is 19.9. The first kappa shape index (κ1) is 30.4. The van der Waals surface area contributed by atoms with Crippen LogP contribution in [0, 0.1) is 11.6 Å². The van der Waals surface area contributed by atoms with Crippen molar-refractivity contribution in [2.75, 3.05) is 61.5 Å². The first-order valence-corrected chi connectivity index (χ1v) is 13.7. The summed E-state index contributed by atoms with van der Waals surface area (Å²) in [5.41, 5.74) is -4.37. The molecule has 2 saturated heterocycles. The summed E-state index contributed by atoms with van der Waals surface area (Å²) in [7, 11) is 1.90. The molecular formula is C29H31F5N6O3. The van der Waals surface area contributed by atoms with E-state index in [2.05, 4.69) is 15.3 Å². The molecular weight excluding hydrogens is 575 g/mol. The minimum absolute atomic E-state index is 0.0126. The molecule has 0 aliphatic carbocycles. The second kappa shape index (κ2) is 11.9. The number of carbonyl (C=O) groups is 1. The van der Waals surface area contributed by atoms with Gasteiger partial charge in [-0.1, -0.05) is 0 Å². The van der Waals surface area contributed by atoms with Crippen molar-refractivity contribution in [1.82, 2.24) is 14.9 Å². The van der Waals surface area contributed by atoms with E-state index in [1.165, 1.54) is 12.3 Å². The SMILES string of the molecule is CC1CN(c2ccc(-c3c(F)cc(N4CCN(C)C(C)C4)c(NC(=O)c4c[nH]c(=O)cc4C(F)(F)F)c3F)cn2)CCO1. The van der Waals surface area contributed by atoms with Crippen LogP contribution in [0.25, 0.3) is 11.1 Å². The highest BCUT2D eigenvalue weighted by Gasteiger charge is 2.37. The van der Waals surface area contributed by atoms with Crippen molar-refractivity contribution in [1.29, 1.82) is 0 Å². The quantitative estimate of drug-likeness (QED) is 0.418. The van der Waals surface area contributed by atoms with E-state index in [1.54, 1.807) is 11.0 Å². The maximum Gasteiger partial charge on any atom is 0.417 e. The molecule has 9 nitrogen and oxygen atoms in total. The lowest BCUT2D eigenvalue weighted by atomic mass is 10.0. The Morgan fingerprint density at radius 3 is 2.51 bits per heavy atom. The third-order valence-electron chi connectivity index (χ3n) is 7.81. The van der Waals surface area contributed by atoms with Crippen LogP contribution in [-0.4, -0.2) is 79.3 Å². The van der Waals surface area contributed by atoms with Crippen molar-refractivity contribution >= 4 is 23.1 Å². The number of hydrogen-bond donors (Lipinski definition) is 2. The lowest BCUT2D eigenvalue weighted by molar-refractivity contribution is -0.138. The summed E-state index contributed by atoms with van der Waals surface area (Å²) in [5.74, 6) is -2.82. The number of nitrogens with one attached hydrogen (secondary N) is 2. The molecule has 5 rings (SSSR count). The van der Waals surface area contributed by atoms with Gasteiger partial charge in [-0.3, -0.25) is 9.59 Å². The largest absolute Gasteiger partial charge is 0.417 e. The van der Waals surface area contributed by atoms with Gasteiger partial charge in [-0.25, -0.2) is 13.8 Å². The molecule has 0 spiro atoms. The molecule has 2 fully saturated rings. The average molecular weight is 607 g/mol. The van der Waals surface area contributed by atoms with E-state index in [1.807, 2.05) is 30.7 Å². The Balaban J connectivity index is 1.57. The third kappa shape index (κ3) is 6.34. The molecule has 0 saturated carbocycles. The summed E-state index contributed by atoms with van der Waals surface area (Å²) in [4.78, 5) is 37.0. The summed E-state index contributed by atoms with van der Waals surface area (Å²) >= 11 is 0. The molecule has 0 radical (unpaired) electrons. The molecule has 1 aromatic carbocycles. The Hall–Kier alpha value is -4.04. The van der Waals surface area contributed by atoms with E-state index in [-0.39, 0.29) is 29.5 Å². The van der Waals surface area contributed by atoms with E-state index in [0.717, 1.165) is 6.07 Å². The van der Waals surface area contributed by atoms with Gasteiger partial charge in [-0.2, -0.15) is 13.2 Å². The Kier molecular flexibility index (Phi) is 8.43. The van der Waals surface area contributed by atoms with Crippen molar-refractivity contribution in [2.45, 2.75) is 32.2 Å². The summed E-state index contributed by atoms with van der Waals surface area (Å²) in [6.45, 7) is 6.78. The minimum Gasteiger partial charge on any atom is -0.375 e. The molecule has 1 amide bonds. The zero-order chi connectivity index (χ0) is 31.1. The van der Waals surface area contributed by atoms with Crippen molar-refractivity contribution in [2.24, 2.45) is 0 Å². The highest BCUT2D eigenvalue weighted by Crippen LogP contribution is 2.40. The van der Waals surface area contributed by atoms with Crippen LogP contribution in [0.3, 0.4) is 0 Å². The van der Waals surface area contributed by atoms with Crippen LogP contribution in [-0.2, 0) is 10.9 Å². The number of amides is 1. The van der Waals surface area contributed by atoms with Gasteiger partial charge in [0.2, 0.25) is 5.56 Å². The van der Waals surface area contributed by atoms with Crippen LogP contribution >= 0.6 is 0 Å². The first-order valence-electron chi connectivity index (χ1n) is 13.7. The number of ether oxygens (including phenoxy) is 1. The number of alkyl halides is 3. The van der Waals surface area contributed by atoms with Gasteiger partial charge in [0.05, 0.1) is 35.1 Å². The number of pyridine rings is 2. The van der Waals surface area contributed by atoms with Crippen molar-refractivity contribution < 1.29 is 31.5 Å². The highest BCUT2D eigenvalue weighted by molar-refractivity contribution is 6.07. The standard InChI is InChI=1S/C29H31F5N6O3/c1-16-14-39(7-6-38(16)3)22-11-21(30)25(18-4-5-23(35-12-18)40-8-9-43-17(2)15-40)26(31)27(22)37-28(42)19-13-36-24(41)10-20(19)29(32,33)34/h4-5,10-13,16-17H,6-9,14-15H2,1-3H3,(H,36,41)(H,37,42). The van der Waals surface area contributed by atoms with Gasteiger partial charge in [0.25, 0.3) is 5.91 Å². The van der Waals surface area contributed by atoms with Crippen LogP contribution in [0.1, 0.15) is 29.8 Å². The zero-order valence-electron chi connectivity index (χ0n) is 23.8. The van der Waals surface area contributed by atoms with Gasteiger partial charge in [-0.15, -0.1) is 0 Å². The van der Waals surface area contributed by atoms with Crippen LogP contribution in [0.5, 0.6) is 0 Å². The number of morpholine rings is 1. The topological polar surface area (TPSA) is 93.8 Å². The second-order valence-corrected chi connectivity index (χ2v) is 10.8. The Bertz CT molecular complexity index is 1560. The predicted octanol–water partition coefficient (Wildman–Crippen LogP) is 4.35. The molecule has 2 aromatic heterocycles. The number of H-pyrrole nitrogens is 1. The fraction of sp³-hybridized carbons (Fsp3) is 0.414. The number of likely N-dealkylation sites (N-methyl/N-ethyl adjacent to an activating group) is 1. The van der Waals surface area contributed by atoms with Crippen LogP contribution < -0.4 is 20.7 Å². The van der Waals surface area contributed by atoms with Crippen molar-refractivity contribution in [3.8, 4) is 11.1 Å². The van der Waals surface area contributed by atoms with E-state index in [0.29, 0.717) is 51.3 Å². The molecule has 2 unspecified atom stereocenters. The summed E-state index contributed by atoms with van der Waals surface area (Å²) in [6.07, 6.45) is -3.12. The molecule has 2 aliphatic rings. The molecule has 4 heterocycles. The number of hydrogen-bond acceptors (Lipinski definition) is 7. The maximum absolute atomic E-state index is 16.4. The van der Waals surface area contributed by atoms with E-state index in [4.69, 9.17) is 4.74 Å². The molecule has 0 bridgehead atoms. The predicted molar refractivity (Wildman–Crippen MR) is 152 cm³/mol. The summed E-state index contributed by atoms with van der Waals surface area (Å²) in [5, 5.41) is 2.26. The van der Waals surface area contributed by atoms with Gasteiger partial charge >= 0.3 is 6.18 Å². The van der Waals surface area contributed by atoms with Gasteiger partial charge in [-0.05, 0) is 33.0 Å². The number of nitrogens with zero attached hydrogens (tertiary/aromatic N) is 4. The van der Waals surface area contributed by atoms with E-state index >= 15 is 8.78 Å². The van der Waals surface area contributed by atoms with Gasteiger partial charge < -0.3 is 29.7 Å². The molecule has 2 aliphatic heterocycles. The number of aromatic amines is 1. The number of carbonyl (C=O) groups excluding carboxylic acids is 1. The first-order chi connectivity index (χ1) is 20.3. The smallest absolute Gasteiger partial charge is 0.375 e. The minimum atomic E-state index is -5.03. The second-order valence-electron chi connectivity index (χ2n) is 10.8. The number of benzene rings is 1. The average Bonchev–Trinajstić information content (AvgIpc) is 2.95. The van der Waals surface area contributed by atoms with Gasteiger partial charge in [0.15, 0.2) is 5.82 Å². The molecule has 2 N–H and O–H groups in total. The Labute approximate surface area is 244 Å². The lowest BCUT2D eigenvalue weighted by Gasteiger charge is -2.39. The number of anilines is 3. The fourth-order valence-corrected chi connectivity index (χ4v) is 5.33. The van der Waals surface area contributed by atoms with Crippen molar-refractivity contribution in [3.05, 3.63) is 69.8 Å². The zero-order valence-corrected chi connectivity index (χ0v) is 23.8. The molecule has 43 heavy (non-hydrogen) atoms. The number of halogens is 5. The molecule has 3 aromatic rings. The van der Waals surface area contributed by atoms with Gasteiger partial charge in [0.1, 0.15) is 17.3 Å². The lowest BCUT2D eigenvalue weighted by Crippen LogP contribution is -2.50. The Morgan fingerprint density at radius 2 is 1.86 bits per heavy atom. The van der Waals surface area contributed by atoms with Gasteiger partial charge in [0, 0.05) is 68.9 Å². The number of aromatic nitrogens is 2. The van der Waals surface area contributed by atoms with Crippen LogP contribution in [0.4, 0.5) is 39.1 Å². The van der Waals surface area contributed by atoms with E-state index < -0.39 is 51.7 Å². The molecule has 14 heteroatoms. The number of piperazine rings is 1. The highest BCUT2D eigenvalue weighted by atomic mass is 19.4. The number of rotatable bonds is 5. The van der Waals surface area contributed by atoms with Crippen molar-refractivity contribution in [3.63, 3.8) is 0 Å². The molecule has 2 atom stereocenters. The van der Waals surface area contributed by atoms with Crippen LogP contribution in [0.15, 0.2) is 41.5 Å². The summed E-state index contributed by atoms with van der Waals surface area (Å²) < 4.78 is 78.7. The Morgan fingerprint density at radius 1 is 1.09 bits per heavy atom.